The number of aromatic nitrogens is 1. The molecule has 1 N–H and O–H groups in total. The molecule has 0 unspecified atom stereocenters. The summed E-state index contributed by atoms with van der Waals surface area (Å²) < 4.78 is 13.6. The van der Waals surface area contributed by atoms with Crippen LogP contribution in [0.5, 0.6) is 0 Å². The van der Waals surface area contributed by atoms with Gasteiger partial charge in [-0.3, -0.25) is 4.39 Å². The van der Waals surface area contributed by atoms with Gasteiger partial charge >= 0.3 is 0 Å². The van der Waals surface area contributed by atoms with E-state index in [0.29, 0.717) is 13.0 Å². The monoisotopic (exact) mass is 310 g/mol. The van der Waals surface area contributed by atoms with Gasteiger partial charge in [-0.1, -0.05) is 0 Å². The Morgan fingerprint density at radius 2 is 2.23 bits per heavy atom. The zero-order valence-electron chi connectivity index (χ0n) is 6.86. The molecule has 1 aromatic rings. The van der Waals surface area contributed by atoms with Crippen molar-refractivity contribution in [2.24, 2.45) is 0 Å². The fraction of sp³-hybridized carbons (Fsp3) is 0.375. The summed E-state index contributed by atoms with van der Waals surface area (Å²) in [6.07, 6.45) is 2.20. The van der Waals surface area contributed by atoms with Gasteiger partial charge in [-0.05, 0) is 44.3 Å². The van der Waals surface area contributed by atoms with E-state index in [-0.39, 0.29) is 6.67 Å². The average molecular weight is 312 g/mol. The molecule has 2 nitrogen and oxygen atoms in total. The van der Waals surface area contributed by atoms with Crippen LogP contribution in [0.25, 0.3) is 0 Å². The van der Waals surface area contributed by atoms with E-state index in [1.165, 1.54) is 0 Å². The van der Waals surface area contributed by atoms with Gasteiger partial charge in [0.2, 0.25) is 0 Å². The van der Waals surface area contributed by atoms with Crippen LogP contribution >= 0.6 is 31.9 Å². The molecular weight excluding hydrogens is 303 g/mol. The summed E-state index contributed by atoms with van der Waals surface area (Å²) in [6.45, 7) is 0.297. The average Bonchev–Trinajstić information content (AvgIpc) is 2.09. The van der Waals surface area contributed by atoms with Crippen molar-refractivity contribution in [1.29, 1.82) is 0 Å². The molecule has 1 rings (SSSR count). The molecule has 1 aromatic heterocycles. The minimum Gasteiger partial charge on any atom is -0.369 e. The van der Waals surface area contributed by atoms with Gasteiger partial charge in [0.15, 0.2) is 0 Å². The molecule has 0 atom stereocenters. The molecule has 0 radical (unpaired) electrons. The maximum atomic E-state index is 11.8. The summed E-state index contributed by atoms with van der Waals surface area (Å²) in [5.41, 5.74) is 0. The molecule has 0 aliphatic carbocycles. The summed E-state index contributed by atoms with van der Waals surface area (Å²) in [4.78, 5) is 4.12. The molecule has 0 saturated heterocycles. The Labute approximate surface area is 93.2 Å². The summed E-state index contributed by atoms with van der Waals surface area (Å²) in [5, 5.41) is 3.02. The maximum absolute atomic E-state index is 11.8. The lowest BCUT2D eigenvalue weighted by atomic mass is 10.4. The van der Waals surface area contributed by atoms with Crippen LogP contribution < -0.4 is 5.32 Å². The molecule has 0 fully saturated rings. The van der Waals surface area contributed by atoms with E-state index in [1.807, 2.05) is 6.07 Å². The largest absolute Gasteiger partial charge is 0.369 e. The number of halogens is 3. The van der Waals surface area contributed by atoms with E-state index in [1.54, 1.807) is 6.20 Å². The van der Waals surface area contributed by atoms with Crippen molar-refractivity contribution in [2.75, 3.05) is 18.5 Å². The van der Waals surface area contributed by atoms with Crippen molar-refractivity contribution < 1.29 is 4.39 Å². The Hall–Kier alpha value is -0.160. The summed E-state index contributed by atoms with van der Waals surface area (Å²) in [7, 11) is 0. The van der Waals surface area contributed by atoms with Gasteiger partial charge in [0.05, 0.1) is 11.1 Å². The predicted octanol–water partition coefficient (Wildman–Crippen LogP) is 3.38. The van der Waals surface area contributed by atoms with Crippen molar-refractivity contribution in [3.63, 3.8) is 0 Å². The van der Waals surface area contributed by atoms with E-state index < -0.39 is 0 Å². The Balaban J connectivity index is 2.56. The third-order valence-corrected chi connectivity index (χ3v) is 2.45. The van der Waals surface area contributed by atoms with E-state index in [4.69, 9.17) is 0 Å². The summed E-state index contributed by atoms with van der Waals surface area (Å²) in [6, 6.07) is 1.89. The topological polar surface area (TPSA) is 24.9 Å². The van der Waals surface area contributed by atoms with Crippen LogP contribution in [0, 0.1) is 0 Å². The lowest BCUT2D eigenvalue weighted by molar-refractivity contribution is 0.481. The molecule has 13 heavy (non-hydrogen) atoms. The van der Waals surface area contributed by atoms with Crippen molar-refractivity contribution in [3.05, 3.63) is 21.2 Å². The molecule has 0 aromatic carbocycles. The molecule has 0 spiro atoms. The molecule has 1 heterocycles. The van der Waals surface area contributed by atoms with E-state index in [2.05, 4.69) is 42.2 Å². The SMILES string of the molecule is FCCCNc1ncc(Br)cc1Br. The second-order valence-corrected chi connectivity index (χ2v) is 4.22. The van der Waals surface area contributed by atoms with Gasteiger partial charge in [0.25, 0.3) is 0 Å². The minimum absolute atomic E-state index is 0.304. The second-order valence-electron chi connectivity index (χ2n) is 2.45. The van der Waals surface area contributed by atoms with E-state index in [0.717, 1.165) is 14.8 Å². The van der Waals surface area contributed by atoms with Crippen LogP contribution in [0.4, 0.5) is 10.2 Å². The van der Waals surface area contributed by atoms with Crippen molar-refractivity contribution in [3.8, 4) is 0 Å². The van der Waals surface area contributed by atoms with Gasteiger partial charge in [-0.2, -0.15) is 0 Å². The highest BCUT2D eigenvalue weighted by Gasteiger charge is 2.00. The smallest absolute Gasteiger partial charge is 0.140 e. The number of anilines is 1. The highest BCUT2D eigenvalue weighted by atomic mass is 79.9. The van der Waals surface area contributed by atoms with Crippen LogP contribution in [0.3, 0.4) is 0 Å². The third kappa shape index (κ3) is 3.60. The number of hydrogen-bond acceptors (Lipinski definition) is 2. The first-order valence-corrected chi connectivity index (χ1v) is 5.43. The molecule has 0 saturated carbocycles. The number of rotatable bonds is 4. The highest BCUT2D eigenvalue weighted by Crippen LogP contribution is 2.23. The lowest BCUT2D eigenvalue weighted by Crippen LogP contribution is -2.04. The number of nitrogens with one attached hydrogen (secondary N) is 1. The van der Waals surface area contributed by atoms with E-state index >= 15 is 0 Å². The van der Waals surface area contributed by atoms with Crippen LogP contribution in [0.1, 0.15) is 6.42 Å². The van der Waals surface area contributed by atoms with Crippen LogP contribution in [0.2, 0.25) is 0 Å². The molecule has 72 valence electrons. The summed E-state index contributed by atoms with van der Waals surface area (Å²) >= 11 is 6.65. The normalized spacial score (nSPS) is 10.1. The first-order valence-electron chi connectivity index (χ1n) is 3.85. The Morgan fingerprint density at radius 3 is 2.85 bits per heavy atom. The van der Waals surface area contributed by atoms with Crippen LogP contribution in [-0.4, -0.2) is 18.2 Å². The van der Waals surface area contributed by atoms with E-state index in [9.17, 15) is 4.39 Å². The maximum Gasteiger partial charge on any atom is 0.140 e. The predicted molar refractivity (Wildman–Crippen MR) is 58.7 cm³/mol. The van der Waals surface area contributed by atoms with Crippen molar-refractivity contribution in [1.82, 2.24) is 4.98 Å². The number of hydrogen-bond donors (Lipinski definition) is 1. The molecule has 0 aliphatic rings. The molecule has 0 aliphatic heterocycles. The first kappa shape index (κ1) is 10.9. The van der Waals surface area contributed by atoms with Crippen molar-refractivity contribution >= 4 is 37.7 Å². The zero-order valence-corrected chi connectivity index (χ0v) is 10.0. The standard InChI is InChI=1S/C8H9Br2FN2/c9-6-4-7(10)8(13-5-6)12-3-1-2-11/h4-5H,1-3H2,(H,12,13). The van der Waals surface area contributed by atoms with Gasteiger partial charge in [-0.25, -0.2) is 4.98 Å². The zero-order chi connectivity index (χ0) is 9.68. The Kier molecular flexibility index (Phi) is 4.66. The van der Waals surface area contributed by atoms with Gasteiger partial charge in [-0.15, -0.1) is 0 Å². The minimum atomic E-state index is -0.304. The molecule has 5 heteroatoms. The highest BCUT2D eigenvalue weighted by molar-refractivity contribution is 9.11. The van der Waals surface area contributed by atoms with Crippen LogP contribution in [0.15, 0.2) is 21.2 Å². The quantitative estimate of drug-likeness (QED) is 0.862. The van der Waals surface area contributed by atoms with Gasteiger partial charge < -0.3 is 5.32 Å². The molecular formula is C8H9Br2FN2. The Morgan fingerprint density at radius 1 is 1.46 bits per heavy atom. The summed E-state index contributed by atoms with van der Waals surface area (Å²) in [5.74, 6) is 0.747. The second kappa shape index (κ2) is 5.54. The van der Waals surface area contributed by atoms with Gasteiger partial charge in [0, 0.05) is 17.2 Å². The lowest BCUT2D eigenvalue weighted by Gasteiger charge is -2.05. The van der Waals surface area contributed by atoms with Gasteiger partial charge in [0.1, 0.15) is 5.82 Å². The number of nitrogens with zero attached hydrogens (tertiary/aromatic N) is 1. The fourth-order valence-electron chi connectivity index (χ4n) is 0.818. The first-order chi connectivity index (χ1) is 6.24. The number of pyridine rings is 1. The fourth-order valence-corrected chi connectivity index (χ4v) is 1.95. The van der Waals surface area contributed by atoms with Crippen LogP contribution in [-0.2, 0) is 0 Å². The third-order valence-electron chi connectivity index (χ3n) is 1.41. The van der Waals surface area contributed by atoms with Crippen molar-refractivity contribution in [2.45, 2.75) is 6.42 Å². The Bertz CT molecular complexity index is 281. The number of alkyl halides is 1. The molecule has 0 bridgehead atoms. The molecule has 0 amide bonds.